The highest BCUT2D eigenvalue weighted by molar-refractivity contribution is 7.89. The van der Waals surface area contributed by atoms with E-state index < -0.39 is 38.7 Å². The van der Waals surface area contributed by atoms with Crippen molar-refractivity contribution in [1.82, 2.24) is 14.9 Å². The lowest BCUT2D eigenvalue weighted by atomic mass is 10.7. The van der Waals surface area contributed by atoms with Crippen molar-refractivity contribution in [2.75, 3.05) is 6.61 Å². The maximum absolute atomic E-state index is 11.4. The van der Waals surface area contributed by atoms with Crippen LogP contribution in [0, 0.1) is 0 Å². The molecule has 0 unspecified atom stereocenters. The van der Waals surface area contributed by atoms with E-state index in [0.717, 1.165) is 0 Å². The summed E-state index contributed by atoms with van der Waals surface area (Å²) in [7, 11) is -4.30. The summed E-state index contributed by atoms with van der Waals surface area (Å²) in [4.78, 5) is 40.7. The summed E-state index contributed by atoms with van der Waals surface area (Å²) in [6, 6.07) is 0. The Hall–Kier alpha value is -1.98. The first kappa shape index (κ1) is 13.1. The second-order valence-electron chi connectivity index (χ2n) is 2.78. The molecule has 0 aliphatic heterocycles. The Labute approximate surface area is 93.8 Å². The SMILES string of the molecule is NC(=O)CONS(=O)(=O)c1c[nH]c(=O)[nH]c1=O. The first-order valence-corrected chi connectivity index (χ1v) is 5.55. The van der Waals surface area contributed by atoms with E-state index in [-0.39, 0.29) is 0 Å². The van der Waals surface area contributed by atoms with Crippen molar-refractivity contribution >= 4 is 15.9 Å². The molecule has 0 saturated heterocycles. The second kappa shape index (κ2) is 4.90. The van der Waals surface area contributed by atoms with Gasteiger partial charge in [0, 0.05) is 6.20 Å². The van der Waals surface area contributed by atoms with Crippen molar-refractivity contribution in [3.63, 3.8) is 0 Å². The molecule has 1 heterocycles. The van der Waals surface area contributed by atoms with Gasteiger partial charge in [-0.2, -0.15) is 0 Å². The predicted octanol–water partition coefficient (Wildman–Crippen LogP) is -3.24. The van der Waals surface area contributed by atoms with Gasteiger partial charge in [-0.3, -0.25) is 19.4 Å². The minimum absolute atomic E-state index is 0.692. The summed E-state index contributed by atoms with van der Waals surface area (Å²) in [6.45, 7) is -0.694. The van der Waals surface area contributed by atoms with Gasteiger partial charge in [-0.05, 0) is 0 Å². The van der Waals surface area contributed by atoms with E-state index in [9.17, 15) is 22.8 Å². The molecular weight excluding hydrogens is 256 g/mol. The first-order chi connectivity index (χ1) is 7.83. The van der Waals surface area contributed by atoms with E-state index in [1.54, 1.807) is 4.98 Å². The molecule has 1 amide bonds. The van der Waals surface area contributed by atoms with E-state index in [1.165, 1.54) is 4.89 Å². The number of aromatic amines is 2. The fraction of sp³-hybridized carbons (Fsp3) is 0.167. The lowest BCUT2D eigenvalue weighted by Gasteiger charge is -2.04. The van der Waals surface area contributed by atoms with Crippen LogP contribution in [0.1, 0.15) is 0 Å². The highest BCUT2D eigenvalue weighted by Gasteiger charge is 2.19. The highest BCUT2D eigenvalue weighted by atomic mass is 32.2. The zero-order valence-corrected chi connectivity index (χ0v) is 9.04. The molecule has 17 heavy (non-hydrogen) atoms. The molecule has 1 aromatic heterocycles. The van der Waals surface area contributed by atoms with E-state index in [2.05, 4.69) is 4.84 Å². The van der Waals surface area contributed by atoms with Crippen LogP contribution in [-0.4, -0.2) is 30.9 Å². The first-order valence-electron chi connectivity index (χ1n) is 4.07. The van der Waals surface area contributed by atoms with Gasteiger partial charge in [-0.15, -0.1) is 0 Å². The Morgan fingerprint density at radius 3 is 2.65 bits per heavy atom. The van der Waals surface area contributed by atoms with Crippen molar-refractivity contribution in [1.29, 1.82) is 0 Å². The van der Waals surface area contributed by atoms with Crippen molar-refractivity contribution < 1.29 is 18.0 Å². The zero-order chi connectivity index (χ0) is 13.1. The Balaban J connectivity index is 2.94. The standard InChI is InChI=1S/C6H8N4O6S/c7-4(11)2-16-10-17(14,15)3-1-8-6(13)9-5(3)12/h1,10H,2H2,(H2,7,11)(H2,8,9,12,13). The highest BCUT2D eigenvalue weighted by Crippen LogP contribution is 1.97. The Morgan fingerprint density at radius 2 is 2.12 bits per heavy atom. The molecule has 0 fully saturated rings. The third kappa shape index (κ3) is 3.51. The van der Waals surface area contributed by atoms with Crippen molar-refractivity contribution in [3.05, 3.63) is 27.0 Å². The lowest BCUT2D eigenvalue weighted by Crippen LogP contribution is -2.34. The average molecular weight is 264 g/mol. The molecule has 1 aromatic rings. The summed E-state index contributed by atoms with van der Waals surface area (Å²) in [5, 5.41) is 0. The molecule has 11 heteroatoms. The maximum Gasteiger partial charge on any atom is 0.325 e. The Morgan fingerprint density at radius 1 is 1.47 bits per heavy atom. The van der Waals surface area contributed by atoms with Gasteiger partial charge in [0.25, 0.3) is 15.6 Å². The van der Waals surface area contributed by atoms with Crippen LogP contribution in [0.25, 0.3) is 0 Å². The Kier molecular flexibility index (Phi) is 3.77. The van der Waals surface area contributed by atoms with Gasteiger partial charge in [0.05, 0.1) is 0 Å². The number of H-pyrrole nitrogens is 2. The van der Waals surface area contributed by atoms with Gasteiger partial charge in [-0.25, -0.2) is 13.2 Å². The molecule has 0 atom stereocenters. The fourth-order valence-electron chi connectivity index (χ4n) is 0.820. The fourth-order valence-corrected chi connectivity index (χ4v) is 1.63. The molecule has 1 rings (SSSR count). The van der Waals surface area contributed by atoms with Crippen molar-refractivity contribution in [2.24, 2.45) is 5.73 Å². The van der Waals surface area contributed by atoms with Gasteiger partial charge in [0.2, 0.25) is 5.91 Å². The smallest absolute Gasteiger partial charge is 0.325 e. The van der Waals surface area contributed by atoms with Crippen LogP contribution in [0.5, 0.6) is 0 Å². The largest absolute Gasteiger partial charge is 0.368 e. The summed E-state index contributed by atoms with van der Waals surface area (Å²) in [6.07, 6.45) is 0.692. The van der Waals surface area contributed by atoms with E-state index >= 15 is 0 Å². The number of carbonyl (C=O) groups is 1. The summed E-state index contributed by atoms with van der Waals surface area (Å²) >= 11 is 0. The molecular formula is C6H8N4O6S. The van der Waals surface area contributed by atoms with Crippen LogP contribution in [0.4, 0.5) is 0 Å². The van der Waals surface area contributed by atoms with Gasteiger partial charge in [-0.1, -0.05) is 4.89 Å². The number of nitrogens with two attached hydrogens (primary N) is 1. The summed E-state index contributed by atoms with van der Waals surface area (Å²) < 4.78 is 22.8. The maximum atomic E-state index is 11.4. The second-order valence-corrected chi connectivity index (χ2v) is 4.39. The molecule has 10 nitrogen and oxygen atoms in total. The molecule has 5 N–H and O–H groups in total. The zero-order valence-electron chi connectivity index (χ0n) is 8.22. The van der Waals surface area contributed by atoms with Gasteiger partial charge in [0.1, 0.15) is 6.61 Å². The molecule has 0 spiro atoms. The number of hydrogen-bond donors (Lipinski definition) is 4. The lowest BCUT2D eigenvalue weighted by molar-refractivity contribution is -0.123. The number of carbonyl (C=O) groups excluding carboxylic acids is 1. The van der Waals surface area contributed by atoms with Crippen LogP contribution >= 0.6 is 0 Å². The van der Waals surface area contributed by atoms with Crippen molar-refractivity contribution in [2.45, 2.75) is 4.90 Å². The quantitative estimate of drug-likeness (QED) is 0.408. The topological polar surface area (TPSA) is 164 Å². The average Bonchev–Trinajstić information content (AvgIpc) is 2.15. The van der Waals surface area contributed by atoms with Gasteiger partial charge >= 0.3 is 5.69 Å². The number of nitrogens with one attached hydrogen (secondary N) is 3. The Bertz CT molecular complexity index is 628. The van der Waals surface area contributed by atoms with E-state index in [4.69, 9.17) is 5.73 Å². The molecule has 0 saturated carbocycles. The van der Waals surface area contributed by atoms with E-state index in [1.807, 2.05) is 4.98 Å². The van der Waals surface area contributed by atoms with Gasteiger partial charge < -0.3 is 10.7 Å². The number of amides is 1. The van der Waals surface area contributed by atoms with Crippen LogP contribution in [-0.2, 0) is 19.7 Å². The molecule has 94 valence electrons. The predicted molar refractivity (Wildman–Crippen MR) is 53.2 cm³/mol. The number of rotatable bonds is 5. The van der Waals surface area contributed by atoms with Gasteiger partial charge in [0.15, 0.2) is 4.90 Å². The molecule has 0 aliphatic rings. The summed E-state index contributed by atoms with van der Waals surface area (Å²) in [5.74, 6) is -0.900. The summed E-state index contributed by atoms with van der Waals surface area (Å²) in [5.41, 5.74) is 2.72. The normalized spacial score (nSPS) is 11.3. The molecule has 0 bridgehead atoms. The van der Waals surface area contributed by atoms with Crippen LogP contribution in [0.3, 0.4) is 0 Å². The number of primary amides is 1. The van der Waals surface area contributed by atoms with Crippen LogP contribution in [0.2, 0.25) is 0 Å². The monoisotopic (exact) mass is 264 g/mol. The number of hydrogen-bond acceptors (Lipinski definition) is 6. The van der Waals surface area contributed by atoms with Crippen LogP contribution < -0.4 is 21.9 Å². The van der Waals surface area contributed by atoms with Crippen LogP contribution in [0.15, 0.2) is 20.7 Å². The molecule has 0 radical (unpaired) electrons. The number of aromatic nitrogens is 2. The number of sulfonamides is 1. The third-order valence-electron chi connectivity index (χ3n) is 1.46. The molecule has 0 aromatic carbocycles. The molecule has 0 aliphatic carbocycles. The minimum Gasteiger partial charge on any atom is -0.368 e. The van der Waals surface area contributed by atoms with Crippen molar-refractivity contribution in [3.8, 4) is 0 Å². The minimum atomic E-state index is -4.30. The van der Waals surface area contributed by atoms with E-state index in [0.29, 0.717) is 6.20 Å². The third-order valence-corrected chi connectivity index (χ3v) is 2.68.